The molecule has 0 amide bonds. The van der Waals surface area contributed by atoms with Crippen molar-refractivity contribution in [3.63, 3.8) is 0 Å². The van der Waals surface area contributed by atoms with Crippen LogP contribution in [0.15, 0.2) is 36.4 Å². The van der Waals surface area contributed by atoms with Gasteiger partial charge in [0.15, 0.2) is 0 Å². The highest BCUT2D eigenvalue weighted by atomic mass is 19.3. The number of benzene rings is 1. The molecule has 1 aromatic carbocycles. The maximum absolute atomic E-state index is 12.2. The third-order valence-electron chi connectivity index (χ3n) is 7.04. The van der Waals surface area contributed by atoms with Gasteiger partial charge in [-0.25, -0.2) is 0 Å². The van der Waals surface area contributed by atoms with E-state index in [2.05, 4.69) is 16.9 Å². The first kappa shape index (κ1) is 22.3. The first-order valence-corrected chi connectivity index (χ1v) is 11.3. The summed E-state index contributed by atoms with van der Waals surface area (Å²) in [5.74, 6) is 3.69. The van der Waals surface area contributed by atoms with E-state index in [-0.39, 0.29) is 5.75 Å². The summed E-state index contributed by atoms with van der Waals surface area (Å²) in [4.78, 5) is 0. The summed E-state index contributed by atoms with van der Waals surface area (Å²) in [5, 5.41) is 0. The van der Waals surface area contributed by atoms with E-state index in [1.165, 1.54) is 63.4 Å². The van der Waals surface area contributed by atoms with Gasteiger partial charge in [-0.2, -0.15) is 8.78 Å². The molecule has 2 aliphatic rings. The molecule has 0 atom stereocenters. The van der Waals surface area contributed by atoms with Crippen LogP contribution in [0.5, 0.6) is 5.75 Å². The molecule has 0 saturated heterocycles. The molecular weight excluding hydrogens is 370 g/mol. The second-order valence-corrected chi connectivity index (χ2v) is 8.90. The highest BCUT2D eigenvalue weighted by Gasteiger charge is 2.30. The maximum atomic E-state index is 12.2. The number of aryl methyl sites for hydroxylation is 1. The Hall–Kier alpha value is -1.42. The molecule has 0 bridgehead atoms. The molecule has 0 spiro atoms. The molecule has 2 aliphatic carbocycles. The fraction of sp³-hybridized carbons (Fsp3) is 0.680. The molecule has 162 valence electrons. The van der Waals surface area contributed by atoms with Crippen LogP contribution in [0.2, 0.25) is 0 Å². The Morgan fingerprint density at radius 1 is 0.931 bits per heavy atom. The summed E-state index contributed by atoms with van der Waals surface area (Å²) >= 11 is 0. The molecule has 2 nitrogen and oxygen atoms in total. The van der Waals surface area contributed by atoms with E-state index in [9.17, 15) is 8.78 Å². The van der Waals surface area contributed by atoms with Gasteiger partial charge in [0.25, 0.3) is 0 Å². The van der Waals surface area contributed by atoms with Gasteiger partial charge in [-0.05, 0) is 92.7 Å². The zero-order valence-electron chi connectivity index (χ0n) is 17.7. The summed E-state index contributed by atoms with van der Waals surface area (Å²) < 4.78 is 34.0. The molecule has 0 unspecified atom stereocenters. The van der Waals surface area contributed by atoms with Crippen LogP contribution >= 0.6 is 0 Å². The average molecular weight is 407 g/mol. The SMILES string of the molecule is COC/C=C/C1CCC(C2CCC(CCc3ccc(OC(F)F)cc3)CC2)CC1. The minimum absolute atomic E-state index is 0.244. The van der Waals surface area contributed by atoms with Crippen LogP contribution in [0.1, 0.15) is 63.4 Å². The molecular formula is C25H36F2O2. The van der Waals surface area contributed by atoms with Gasteiger partial charge in [0, 0.05) is 7.11 Å². The molecule has 2 saturated carbocycles. The van der Waals surface area contributed by atoms with E-state index in [4.69, 9.17) is 4.74 Å². The smallest absolute Gasteiger partial charge is 0.387 e. The Labute approximate surface area is 174 Å². The molecule has 3 rings (SSSR count). The van der Waals surface area contributed by atoms with Gasteiger partial charge >= 0.3 is 6.61 Å². The van der Waals surface area contributed by atoms with E-state index in [1.54, 1.807) is 19.2 Å². The first-order chi connectivity index (χ1) is 14.1. The fourth-order valence-electron chi connectivity index (χ4n) is 5.31. The molecule has 0 aromatic heterocycles. The maximum Gasteiger partial charge on any atom is 0.387 e. The quantitative estimate of drug-likeness (QED) is 0.410. The summed E-state index contributed by atoms with van der Waals surface area (Å²) in [6, 6.07) is 7.14. The summed E-state index contributed by atoms with van der Waals surface area (Å²) in [5.41, 5.74) is 1.22. The number of hydrogen-bond donors (Lipinski definition) is 0. The van der Waals surface area contributed by atoms with E-state index in [0.717, 1.165) is 36.7 Å². The lowest BCUT2D eigenvalue weighted by atomic mass is 9.68. The predicted octanol–water partition coefficient (Wildman–Crippen LogP) is 7.04. The number of allylic oxidation sites excluding steroid dienone is 1. The normalized spacial score (nSPS) is 28.1. The summed E-state index contributed by atoms with van der Waals surface area (Å²) in [7, 11) is 1.75. The first-order valence-electron chi connectivity index (χ1n) is 11.3. The lowest BCUT2D eigenvalue weighted by molar-refractivity contribution is -0.0498. The van der Waals surface area contributed by atoms with Gasteiger partial charge in [0.2, 0.25) is 0 Å². The van der Waals surface area contributed by atoms with E-state index in [0.29, 0.717) is 0 Å². The van der Waals surface area contributed by atoms with Crippen molar-refractivity contribution in [3.8, 4) is 5.75 Å². The van der Waals surface area contributed by atoms with Crippen molar-refractivity contribution in [1.29, 1.82) is 0 Å². The van der Waals surface area contributed by atoms with E-state index in [1.807, 2.05) is 12.1 Å². The van der Waals surface area contributed by atoms with E-state index < -0.39 is 6.61 Å². The van der Waals surface area contributed by atoms with Gasteiger partial charge < -0.3 is 9.47 Å². The fourth-order valence-corrected chi connectivity index (χ4v) is 5.31. The Kier molecular flexibility index (Phi) is 8.97. The second kappa shape index (κ2) is 11.7. The van der Waals surface area contributed by atoms with Crippen LogP contribution in [0.3, 0.4) is 0 Å². The van der Waals surface area contributed by atoms with Crippen molar-refractivity contribution < 1.29 is 18.3 Å². The molecule has 0 aliphatic heterocycles. The minimum Gasteiger partial charge on any atom is -0.435 e. The van der Waals surface area contributed by atoms with Crippen molar-refractivity contribution in [2.24, 2.45) is 23.7 Å². The molecule has 1 aromatic rings. The molecule has 29 heavy (non-hydrogen) atoms. The third-order valence-corrected chi connectivity index (χ3v) is 7.04. The van der Waals surface area contributed by atoms with Crippen LogP contribution in [-0.4, -0.2) is 20.3 Å². The monoisotopic (exact) mass is 406 g/mol. The van der Waals surface area contributed by atoms with Crippen LogP contribution in [-0.2, 0) is 11.2 Å². The van der Waals surface area contributed by atoms with Crippen molar-refractivity contribution in [1.82, 2.24) is 0 Å². The van der Waals surface area contributed by atoms with Crippen LogP contribution in [0.25, 0.3) is 0 Å². The molecule has 0 N–H and O–H groups in total. The topological polar surface area (TPSA) is 18.5 Å². The average Bonchev–Trinajstić information content (AvgIpc) is 2.74. The number of ether oxygens (including phenoxy) is 2. The lowest BCUT2D eigenvalue weighted by Crippen LogP contribution is -2.25. The van der Waals surface area contributed by atoms with Gasteiger partial charge in [0.05, 0.1) is 6.61 Å². The van der Waals surface area contributed by atoms with Crippen LogP contribution in [0.4, 0.5) is 8.78 Å². The zero-order chi connectivity index (χ0) is 20.5. The Bertz CT molecular complexity index is 598. The largest absolute Gasteiger partial charge is 0.435 e. The minimum atomic E-state index is -2.75. The number of methoxy groups -OCH3 is 1. The predicted molar refractivity (Wildman–Crippen MR) is 113 cm³/mol. The Balaban J connectivity index is 1.33. The van der Waals surface area contributed by atoms with Crippen LogP contribution < -0.4 is 4.74 Å². The van der Waals surface area contributed by atoms with Crippen LogP contribution in [0, 0.1) is 23.7 Å². The molecule has 4 heteroatoms. The highest BCUT2D eigenvalue weighted by Crippen LogP contribution is 2.42. The lowest BCUT2D eigenvalue weighted by Gasteiger charge is -2.37. The zero-order valence-corrected chi connectivity index (χ0v) is 17.7. The number of halogens is 2. The van der Waals surface area contributed by atoms with Gasteiger partial charge in [0.1, 0.15) is 5.75 Å². The summed E-state index contributed by atoms with van der Waals surface area (Å²) in [6.07, 6.45) is 17.7. The highest BCUT2D eigenvalue weighted by molar-refractivity contribution is 5.27. The summed E-state index contributed by atoms with van der Waals surface area (Å²) in [6.45, 7) is -2.02. The van der Waals surface area contributed by atoms with Crippen molar-refractivity contribution >= 4 is 0 Å². The number of hydrogen-bond acceptors (Lipinski definition) is 2. The van der Waals surface area contributed by atoms with Gasteiger partial charge in [-0.3, -0.25) is 0 Å². The van der Waals surface area contributed by atoms with Crippen molar-refractivity contribution in [3.05, 3.63) is 42.0 Å². The Morgan fingerprint density at radius 2 is 1.55 bits per heavy atom. The van der Waals surface area contributed by atoms with Crippen molar-refractivity contribution in [2.75, 3.05) is 13.7 Å². The number of alkyl halides is 2. The Morgan fingerprint density at radius 3 is 2.14 bits per heavy atom. The molecule has 0 radical (unpaired) electrons. The molecule has 2 fully saturated rings. The number of rotatable bonds is 9. The standard InChI is InChI=1S/C25H36F2O2/c1-28-18-2-3-19-6-12-22(13-7-19)23-14-8-20(9-15-23)4-5-21-10-16-24(17-11-21)29-25(26)27/h2-3,10-11,16-17,19-20,22-23,25H,4-9,12-15,18H2,1H3/b3-2+. The van der Waals surface area contributed by atoms with E-state index >= 15 is 0 Å². The third kappa shape index (κ3) is 7.40. The molecule has 0 heterocycles. The van der Waals surface area contributed by atoms with Crippen molar-refractivity contribution in [2.45, 2.75) is 70.8 Å². The second-order valence-electron chi connectivity index (χ2n) is 8.90. The van der Waals surface area contributed by atoms with Gasteiger partial charge in [-0.15, -0.1) is 0 Å². The van der Waals surface area contributed by atoms with Gasteiger partial charge in [-0.1, -0.05) is 37.1 Å².